The number of hydrogen-bond donors (Lipinski definition) is 1. The molecule has 2 aromatic heterocycles. The molecule has 0 amide bonds. The summed E-state index contributed by atoms with van der Waals surface area (Å²) in [5.74, 6) is 0.166. The van der Waals surface area contributed by atoms with Crippen LogP contribution >= 0.6 is 0 Å². The smallest absolute Gasteiger partial charge is 0.303 e. The van der Waals surface area contributed by atoms with Crippen LogP contribution in [-0.4, -0.2) is 25.8 Å². The van der Waals surface area contributed by atoms with E-state index in [1.54, 1.807) is 24.1 Å². The van der Waals surface area contributed by atoms with Crippen molar-refractivity contribution in [1.29, 1.82) is 0 Å². The van der Waals surface area contributed by atoms with Crippen molar-refractivity contribution < 1.29 is 14.3 Å². The quantitative estimate of drug-likeness (QED) is 0.835. The molecule has 0 unspecified atom stereocenters. The van der Waals surface area contributed by atoms with Gasteiger partial charge in [0.15, 0.2) is 11.7 Å². The Balaban J connectivity index is 2.14. The Labute approximate surface area is 91.5 Å². The molecule has 0 aliphatic heterocycles. The molecule has 0 fully saturated rings. The number of carboxylic acids is 1. The summed E-state index contributed by atoms with van der Waals surface area (Å²) in [6.45, 7) is 0. The normalized spacial score (nSPS) is 10.6. The molecule has 16 heavy (non-hydrogen) atoms. The zero-order chi connectivity index (χ0) is 11.5. The highest BCUT2D eigenvalue weighted by Gasteiger charge is 2.10. The summed E-state index contributed by atoms with van der Waals surface area (Å²) in [5.41, 5.74) is 0.814. The number of rotatable bonds is 4. The van der Waals surface area contributed by atoms with Gasteiger partial charge in [-0.2, -0.15) is 5.10 Å². The average molecular weight is 221 g/mol. The second kappa shape index (κ2) is 4.18. The molecule has 0 bridgehead atoms. The second-order valence-electron chi connectivity index (χ2n) is 3.35. The number of nitrogens with zero attached hydrogens (tertiary/aromatic N) is 3. The molecule has 0 aromatic carbocycles. The molecule has 1 N–H and O–H groups in total. The second-order valence-corrected chi connectivity index (χ2v) is 3.35. The highest BCUT2D eigenvalue weighted by molar-refractivity contribution is 5.66. The summed E-state index contributed by atoms with van der Waals surface area (Å²) in [6.07, 6.45) is 3.56. The van der Waals surface area contributed by atoms with E-state index in [0.717, 1.165) is 5.69 Å². The van der Waals surface area contributed by atoms with Crippen LogP contribution in [0.2, 0.25) is 0 Å². The highest BCUT2D eigenvalue weighted by Crippen LogP contribution is 2.19. The first kappa shape index (κ1) is 10.4. The molecule has 2 aromatic rings. The average Bonchev–Trinajstić information content (AvgIpc) is 2.83. The lowest BCUT2D eigenvalue weighted by Gasteiger charge is -1.95. The SMILES string of the molecule is Cn1nccc1-c1cnc(CCC(=O)O)o1. The molecule has 0 saturated carbocycles. The molecule has 0 saturated heterocycles. The first-order valence-electron chi connectivity index (χ1n) is 4.81. The van der Waals surface area contributed by atoms with Crippen molar-refractivity contribution in [2.75, 3.05) is 0 Å². The standard InChI is InChI=1S/C10H11N3O3/c1-13-7(4-5-12-13)8-6-11-9(16-8)2-3-10(14)15/h4-6H,2-3H2,1H3,(H,14,15). The molecule has 0 aliphatic rings. The number of oxazole rings is 1. The number of hydrogen-bond acceptors (Lipinski definition) is 4. The van der Waals surface area contributed by atoms with E-state index in [4.69, 9.17) is 9.52 Å². The summed E-state index contributed by atoms with van der Waals surface area (Å²) < 4.78 is 7.09. The summed E-state index contributed by atoms with van der Waals surface area (Å²) in [4.78, 5) is 14.4. The lowest BCUT2D eigenvalue weighted by molar-refractivity contribution is -0.137. The van der Waals surface area contributed by atoms with Crippen LogP contribution in [0, 0.1) is 0 Å². The van der Waals surface area contributed by atoms with E-state index in [9.17, 15) is 4.79 Å². The largest absolute Gasteiger partial charge is 0.481 e. The third-order valence-corrected chi connectivity index (χ3v) is 2.18. The zero-order valence-corrected chi connectivity index (χ0v) is 8.75. The Hall–Kier alpha value is -2.11. The van der Waals surface area contributed by atoms with Gasteiger partial charge in [-0.3, -0.25) is 9.48 Å². The molecular formula is C10H11N3O3. The van der Waals surface area contributed by atoms with Gasteiger partial charge >= 0.3 is 5.97 Å². The van der Waals surface area contributed by atoms with Crippen LogP contribution in [0.4, 0.5) is 0 Å². The molecule has 2 heterocycles. The van der Waals surface area contributed by atoms with E-state index in [1.165, 1.54) is 0 Å². The van der Waals surface area contributed by atoms with Crippen molar-refractivity contribution in [2.24, 2.45) is 7.05 Å². The fraction of sp³-hybridized carbons (Fsp3) is 0.300. The van der Waals surface area contributed by atoms with Crippen molar-refractivity contribution in [3.8, 4) is 11.5 Å². The van der Waals surface area contributed by atoms with Crippen molar-refractivity contribution in [3.05, 3.63) is 24.4 Å². The summed E-state index contributed by atoms with van der Waals surface area (Å²) >= 11 is 0. The predicted molar refractivity (Wildman–Crippen MR) is 54.7 cm³/mol. The van der Waals surface area contributed by atoms with Crippen LogP contribution in [-0.2, 0) is 18.3 Å². The first-order valence-corrected chi connectivity index (χ1v) is 4.81. The molecule has 84 valence electrons. The molecule has 6 heteroatoms. The first-order chi connectivity index (χ1) is 7.66. The maximum absolute atomic E-state index is 10.4. The van der Waals surface area contributed by atoms with E-state index in [0.29, 0.717) is 18.1 Å². The highest BCUT2D eigenvalue weighted by atomic mass is 16.4. The van der Waals surface area contributed by atoms with Gasteiger partial charge in [0.2, 0.25) is 0 Å². The van der Waals surface area contributed by atoms with E-state index in [-0.39, 0.29) is 6.42 Å². The minimum Gasteiger partial charge on any atom is -0.481 e. The van der Waals surface area contributed by atoms with Gasteiger partial charge in [0.1, 0.15) is 5.69 Å². The van der Waals surface area contributed by atoms with E-state index in [2.05, 4.69) is 10.1 Å². The van der Waals surface area contributed by atoms with Gasteiger partial charge in [0.05, 0.1) is 12.6 Å². The van der Waals surface area contributed by atoms with Gasteiger partial charge in [0, 0.05) is 19.7 Å². The lowest BCUT2D eigenvalue weighted by Crippen LogP contribution is -1.97. The molecule has 0 spiro atoms. The Morgan fingerprint density at radius 1 is 1.62 bits per heavy atom. The Kier molecular flexibility index (Phi) is 2.72. The number of aryl methyl sites for hydroxylation is 2. The van der Waals surface area contributed by atoms with Crippen molar-refractivity contribution in [3.63, 3.8) is 0 Å². The van der Waals surface area contributed by atoms with Gasteiger partial charge < -0.3 is 9.52 Å². The summed E-state index contributed by atoms with van der Waals surface area (Å²) in [7, 11) is 1.80. The van der Waals surface area contributed by atoms with E-state index >= 15 is 0 Å². The molecule has 0 radical (unpaired) electrons. The zero-order valence-electron chi connectivity index (χ0n) is 8.75. The van der Waals surface area contributed by atoms with Crippen molar-refractivity contribution >= 4 is 5.97 Å². The Bertz CT molecular complexity index is 501. The third kappa shape index (κ3) is 2.10. The van der Waals surface area contributed by atoms with Gasteiger partial charge in [-0.05, 0) is 6.07 Å². The number of aromatic nitrogens is 3. The number of carboxylic acid groups (broad SMARTS) is 1. The monoisotopic (exact) mass is 221 g/mol. The van der Waals surface area contributed by atoms with Gasteiger partial charge in [-0.25, -0.2) is 4.98 Å². The van der Waals surface area contributed by atoms with Crippen LogP contribution in [0.25, 0.3) is 11.5 Å². The Morgan fingerprint density at radius 3 is 3.06 bits per heavy atom. The van der Waals surface area contributed by atoms with E-state index < -0.39 is 5.97 Å². The lowest BCUT2D eigenvalue weighted by atomic mass is 10.3. The van der Waals surface area contributed by atoms with Gasteiger partial charge in [-0.1, -0.05) is 0 Å². The summed E-state index contributed by atoms with van der Waals surface area (Å²) in [5, 5.41) is 12.5. The topological polar surface area (TPSA) is 81.2 Å². The fourth-order valence-corrected chi connectivity index (χ4v) is 1.37. The van der Waals surface area contributed by atoms with Crippen LogP contribution < -0.4 is 0 Å². The molecule has 6 nitrogen and oxygen atoms in total. The third-order valence-electron chi connectivity index (χ3n) is 2.18. The van der Waals surface area contributed by atoms with E-state index in [1.807, 2.05) is 6.07 Å². The van der Waals surface area contributed by atoms with Crippen LogP contribution in [0.1, 0.15) is 12.3 Å². The minimum absolute atomic E-state index is 0.0192. The molecular weight excluding hydrogens is 210 g/mol. The minimum atomic E-state index is -0.861. The van der Waals surface area contributed by atoms with Crippen LogP contribution in [0.15, 0.2) is 22.9 Å². The van der Waals surface area contributed by atoms with Crippen LogP contribution in [0.5, 0.6) is 0 Å². The van der Waals surface area contributed by atoms with Gasteiger partial charge in [-0.15, -0.1) is 0 Å². The Morgan fingerprint density at radius 2 is 2.44 bits per heavy atom. The maximum Gasteiger partial charge on any atom is 0.303 e. The molecule has 0 aliphatic carbocycles. The molecule has 0 atom stereocenters. The van der Waals surface area contributed by atoms with Gasteiger partial charge in [0.25, 0.3) is 0 Å². The number of carbonyl (C=O) groups is 1. The van der Waals surface area contributed by atoms with Crippen molar-refractivity contribution in [1.82, 2.24) is 14.8 Å². The maximum atomic E-state index is 10.4. The van der Waals surface area contributed by atoms with Crippen molar-refractivity contribution in [2.45, 2.75) is 12.8 Å². The summed E-state index contributed by atoms with van der Waals surface area (Å²) in [6, 6.07) is 1.81. The predicted octanol–water partition coefficient (Wildman–Crippen LogP) is 1.09. The van der Waals surface area contributed by atoms with Crippen LogP contribution in [0.3, 0.4) is 0 Å². The molecule has 2 rings (SSSR count). The fourth-order valence-electron chi connectivity index (χ4n) is 1.37. The number of aliphatic carboxylic acids is 1.